The smallest absolute Gasteiger partial charge is 0.132 e. The molecule has 0 unspecified atom stereocenters. The van der Waals surface area contributed by atoms with E-state index < -0.39 is 0 Å². The molecule has 1 aromatic heterocycles. The Balaban J connectivity index is 1.75. The Kier molecular flexibility index (Phi) is 4.95. The van der Waals surface area contributed by atoms with Crippen molar-refractivity contribution in [3.63, 3.8) is 0 Å². The average Bonchev–Trinajstić information content (AvgIpc) is 2.56. The molecule has 0 atom stereocenters. The van der Waals surface area contributed by atoms with Crippen molar-refractivity contribution >= 4 is 17.4 Å². The molecule has 0 aliphatic carbocycles. The summed E-state index contributed by atoms with van der Waals surface area (Å²) in [6, 6.07) is 11.6. The summed E-state index contributed by atoms with van der Waals surface area (Å²) in [5.41, 5.74) is 2.09. The number of nitrogens with zero attached hydrogens (tertiary/aromatic N) is 2. The Morgan fingerprint density at radius 1 is 1.18 bits per heavy atom. The maximum absolute atomic E-state index is 5.97. The molecule has 1 aliphatic rings. The number of pyridine rings is 1. The summed E-state index contributed by atoms with van der Waals surface area (Å²) in [7, 11) is 0. The number of aromatic nitrogens is 1. The molecule has 0 N–H and O–H groups in total. The van der Waals surface area contributed by atoms with E-state index in [4.69, 9.17) is 16.3 Å². The molecular formula is C18H17ClN2O. The van der Waals surface area contributed by atoms with Crippen molar-refractivity contribution < 1.29 is 4.74 Å². The highest BCUT2D eigenvalue weighted by Gasteiger charge is 2.14. The third-order valence-corrected chi connectivity index (χ3v) is 3.75. The monoisotopic (exact) mass is 312 g/mol. The van der Waals surface area contributed by atoms with Gasteiger partial charge in [0.2, 0.25) is 0 Å². The number of ether oxygens (including phenoxy) is 1. The Morgan fingerprint density at radius 2 is 2.05 bits per heavy atom. The summed E-state index contributed by atoms with van der Waals surface area (Å²) in [4.78, 5) is 6.79. The van der Waals surface area contributed by atoms with Crippen LogP contribution in [0.15, 0.2) is 42.6 Å². The first kappa shape index (κ1) is 14.9. The Bertz CT molecular complexity index is 699. The highest BCUT2D eigenvalue weighted by atomic mass is 35.5. The van der Waals surface area contributed by atoms with Gasteiger partial charge in [0.05, 0.1) is 13.2 Å². The summed E-state index contributed by atoms with van der Waals surface area (Å²) in [6.45, 7) is 3.27. The number of anilines is 1. The third-order valence-electron chi connectivity index (χ3n) is 3.51. The van der Waals surface area contributed by atoms with E-state index in [-0.39, 0.29) is 0 Å². The normalized spacial score (nSPS) is 14.3. The summed E-state index contributed by atoms with van der Waals surface area (Å²) in [5.74, 6) is 7.40. The number of hydrogen-bond acceptors (Lipinski definition) is 3. The molecule has 0 amide bonds. The van der Waals surface area contributed by atoms with Crippen molar-refractivity contribution in [3.05, 3.63) is 58.7 Å². The second-order valence-electron chi connectivity index (χ2n) is 5.07. The molecule has 0 saturated carbocycles. The zero-order valence-corrected chi connectivity index (χ0v) is 13.0. The van der Waals surface area contributed by atoms with Crippen molar-refractivity contribution in [1.82, 2.24) is 4.98 Å². The van der Waals surface area contributed by atoms with Gasteiger partial charge in [-0.3, -0.25) is 0 Å². The van der Waals surface area contributed by atoms with Gasteiger partial charge in [-0.2, -0.15) is 0 Å². The van der Waals surface area contributed by atoms with Crippen LogP contribution in [0.5, 0.6) is 0 Å². The molecule has 2 heterocycles. The quantitative estimate of drug-likeness (QED) is 0.797. The second-order valence-corrected chi connectivity index (χ2v) is 5.51. The molecule has 4 heteroatoms. The van der Waals surface area contributed by atoms with Crippen LogP contribution in [0.2, 0.25) is 5.02 Å². The molecule has 22 heavy (non-hydrogen) atoms. The maximum Gasteiger partial charge on any atom is 0.132 e. The highest BCUT2D eigenvalue weighted by Crippen LogP contribution is 2.18. The fourth-order valence-corrected chi connectivity index (χ4v) is 2.63. The van der Waals surface area contributed by atoms with Gasteiger partial charge in [0.1, 0.15) is 5.82 Å². The lowest BCUT2D eigenvalue weighted by Crippen LogP contribution is -2.37. The van der Waals surface area contributed by atoms with E-state index in [1.807, 2.05) is 36.5 Å². The molecule has 112 valence electrons. The van der Waals surface area contributed by atoms with Crippen molar-refractivity contribution in [2.24, 2.45) is 0 Å². The maximum atomic E-state index is 5.97. The van der Waals surface area contributed by atoms with Gasteiger partial charge < -0.3 is 9.64 Å². The van der Waals surface area contributed by atoms with Gasteiger partial charge in [-0.25, -0.2) is 4.98 Å². The van der Waals surface area contributed by atoms with Crippen molar-refractivity contribution in [2.75, 3.05) is 31.2 Å². The fraction of sp³-hybridized carbons (Fsp3) is 0.278. The van der Waals surface area contributed by atoms with Crippen LogP contribution in [0, 0.1) is 11.8 Å². The first-order chi connectivity index (χ1) is 10.8. The van der Waals surface area contributed by atoms with Gasteiger partial charge >= 0.3 is 0 Å². The van der Waals surface area contributed by atoms with Gasteiger partial charge in [0, 0.05) is 41.9 Å². The number of benzene rings is 1. The van der Waals surface area contributed by atoms with Crippen LogP contribution in [0.3, 0.4) is 0 Å². The summed E-state index contributed by atoms with van der Waals surface area (Å²) in [5, 5.41) is 0.710. The van der Waals surface area contributed by atoms with Crippen molar-refractivity contribution in [2.45, 2.75) is 6.42 Å². The molecule has 3 rings (SSSR count). The number of rotatable bonds is 2. The van der Waals surface area contributed by atoms with Crippen LogP contribution in [0.1, 0.15) is 11.1 Å². The first-order valence-electron chi connectivity index (χ1n) is 7.34. The van der Waals surface area contributed by atoms with Gasteiger partial charge in [0.25, 0.3) is 0 Å². The average molecular weight is 313 g/mol. The van der Waals surface area contributed by atoms with Crippen molar-refractivity contribution in [1.29, 1.82) is 0 Å². The largest absolute Gasteiger partial charge is 0.378 e. The Morgan fingerprint density at radius 3 is 2.86 bits per heavy atom. The van der Waals surface area contributed by atoms with Gasteiger partial charge in [-0.15, -0.1) is 0 Å². The molecule has 2 aromatic rings. The molecule has 0 spiro atoms. The van der Waals surface area contributed by atoms with Crippen LogP contribution in [0.4, 0.5) is 5.82 Å². The van der Waals surface area contributed by atoms with E-state index in [0.29, 0.717) is 11.4 Å². The van der Waals surface area contributed by atoms with Gasteiger partial charge in [-0.05, 0) is 24.3 Å². The number of morpholine rings is 1. The van der Waals surface area contributed by atoms with E-state index in [9.17, 15) is 0 Å². The molecule has 0 radical (unpaired) electrons. The third kappa shape index (κ3) is 3.79. The lowest BCUT2D eigenvalue weighted by molar-refractivity contribution is 0.122. The summed E-state index contributed by atoms with van der Waals surface area (Å²) in [6.07, 6.45) is 2.51. The number of hydrogen-bond donors (Lipinski definition) is 0. The van der Waals surface area contributed by atoms with E-state index >= 15 is 0 Å². The number of halogens is 1. The molecule has 1 fully saturated rings. The zero-order chi connectivity index (χ0) is 15.2. The van der Waals surface area contributed by atoms with E-state index in [2.05, 4.69) is 27.8 Å². The molecule has 1 aliphatic heterocycles. The first-order valence-corrected chi connectivity index (χ1v) is 7.72. The van der Waals surface area contributed by atoms with Gasteiger partial charge in [-0.1, -0.05) is 35.6 Å². The highest BCUT2D eigenvalue weighted by molar-refractivity contribution is 6.30. The SMILES string of the molecule is Clc1cccc(C#CCc2cccnc2N2CCOCC2)c1. The predicted molar refractivity (Wildman–Crippen MR) is 89.3 cm³/mol. The molecule has 0 bridgehead atoms. The van der Waals surface area contributed by atoms with Crippen LogP contribution < -0.4 is 4.90 Å². The van der Waals surface area contributed by atoms with E-state index in [0.717, 1.165) is 43.2 Å². The fourth-order valence-electron chi connectivity index (χ4n) is 2.44. The molecule has 3 nitrogen and oxygen atoms in total. The summed E-state index contributed by atoms with van der Waals surface area (Å²) < 4.78 is 5.40. The standard InChI is InChI=1S/C18H17ClN2O/c19-17-8-2-5-15(14-17)4-1-6-16-7-3-9-20-18(16)21-10-12-22-13-11-21/h2-3,5,7-9,14H,6,10-13H2. The molecule has 1 aromatic carbocycles. The van der Waals surface area contributed by atoms with Crippen LogP contribution in [-0.4, -0.2) is 31.3 Å². The summed E-state index contributed by atoms with van der Waals surface area (Å²) >= 11 is 5.97. The topological polar surface area (TPSA) is 25.4 Å². The van der Waals surface area contributed by atoms with E-state index in [1.54, 1.807) is 0 Å². The minimum atomic E-state index is 0.674. The lowest BCUT2D eigenvalue weighted by Gasteiger charge is -2.29. The predicted octanol–water partition coefficient (Wildman–Crippen LogP) is 3.17. The minimum Gasteiger partial charge on any atom is -0.378 e. The van der Waals surface area contributed by atoms with Gasteiger partial charge in [0.15, 0.2) is 0 Å². The zero-order valence-electron chi connectivity index (χ0n) is 12.3. The van der Waals surface area contributed by atoms with Crippen LogP contribution >= 0.6 is 11.6 Å². The second kappa shape index (κ2) is 7.31. The Hall–Kier alpha value is -2.02. The Labute approximate surface area is 135 Å². The van der Waals surface area contributed by atoms with Crippen LogP contribution in [0.25, 0.3) is 0 Å². The van der Waals surface area contributed by atoms with Crippen molar-refractivity contribution in [3.8, 4) is 11.8 Å². The minimum absolute atomic E-state index is 0.674. The van der Waals surface area contributed by atoms with Crippen LogP contribution in [-0.2, 0) is 11.2 Å². The lowest BCUT2D eigenvalue weighted by atomic mass is 10.1. The molecular weight excluding hydrogens is 296 g/mol. The van der Waals surface area contributed by atoms with E-state index in [1.165, 1.54) is 0 Å². The molecule has 1 saturated heterocycles.